The number of nitrogens with zero attached hydrogens (tertiary/aromatic N) is 6. The zero-order chi connectivity index (χ0) is 17.3. The molecule has 2 aromatic rings. The molecule has 1 saturated heterocycles. The number of hydrogen-bond donors (Lipinski definition) is 1. The second-order valence-electron chi connectivity index (χ2n) is 7.80. The number of aryl methyl sites for hydroxylation is 1. The van der Waals surface area contributed by atoms with Crippen molar-refractivity contribution in [1.29, 1.82) is 0 Å². The minimum absolute atomic E-state index is 0.0515. The third-order valence-corrected chi connectivity index (χ3v) is 4.73. The number of piperidine rings is 1. The highest BCUT2D eigenvalue weighted by Crippen LogP contribution is 2.29. The fourth-order valence-electron chi connectivity index (χ4n) is 3.29. The van der Waals surface area contributed by atoms with E-state index in [9.17, 15) is 5.11 Å². The summed E-state index contributed by atoms with van der Waals surface area (Å²) in [7, 11) is 1.93. The Morgan fingerprint density at radius 2 is 2.17 bits per heavy atom. The van der Waals surface area contributed by atoms with Crippen LogP contribution in [0.2, 0.25) is 0 Å². The highest BCUT2D eigenvalue weighted by atomic mass is 16.3. The summed E-state index contributed by atoms with van der Waals surface area (Å²) in [5.74, 6) is 0.957. The van der Waals surface area contributed by atoms with E-state index in [4.69, 9.17) is 0 Å². The smallest absolute Gasteiger partial charge is 0.137 e. The van der Waals surface area contributed by atoms with E-state index in [1.165, 1.54) is 0 Å². The highest BCUT2D eigenvalue weighted by Gasteiger charge is 2.29. The summed E-state index contributed by atoms with van der Waals surface area (Å²) in [6, 6.07) is 0. The number of aliphatic hydroxyl groups excluding tert-OH is 1. The zero-order valence-corrected chi connectivity index (χ0v) is 15.1. The molecule has 1 aliphatic rings. The molecule has 7 heteroatoms. The molecule has 7 nitrogen and oxygen atoms in total. The lowest BCUT2D eigenvalue weighted by Crippen LogP contribution is -2.38. The normalized spacial score (nSPS) is 21.1. The molecule has 3 heterocycles. The van der Waals surface area contributed by atoms with Gasteiger partial charge in [-0.1, -0.05) is 5.21 Å². The fourth-order valence-corrected chi connectivity index (χ4v) is 3.29. The van der Waals surface area contributed by atoms with Crippen LogP contribution in [0.1, 0.15) is 51.2 Å². The van der Waals surface area contributed by atoms with Crippen LogP contribution in [0.15, 0.2) is 18.6 Å². The lowest BCUT2D eigenvalue weighted by Gasteiger charge is -2.34. The molecule has 0 radical (unpaired) electrons. The topological polar surface area (TPSA) is 72.0 Å². The van der Waals surface area contributed by atoms with Gasteiger partial charge in [-0.2, -0.15) is 0 Å². The van der Waals surface area contributed by atoms with Crippen molar-refractivity contribution in [1.82, 2.24) is 29.4 Å². The van der Waals surface area contributed by atoms with Crippen LogP contribution in [0.25, 0.3) is 0 Å². The Morgan fingerprint density at radius 1 is 1.38 bits per heavy atom. The van der Waals surface area contributed by atoms with Gasteiger partial charge in [-0.3, -0.25) is 4.90 Å². The highest BCUT2D eigenvalue weighted by molar-refractivity contribution is 5.00. The molecule has 3 rings (SSSR count). The van der Waals surface area contributed by atoms with Gasteiger partial charge in [0.1, 0.15) is 11.9 Å². The van der Waals surface area contributed by atoms with Crippen molar-refractivity contribution in [3.8, 4) is 0 Å². The lowest BCUT2D eigenvalue weighted by atomic mass is 9.92. The summed E-state index contributed by atoms with van der Waals surface area (Å²) >= 11 is 0. The molecule has 1 aliphatic heterocycles. The monoisotopic (exact) mass is 332 g/mol. The molecule has 0 aliphatic carbocycles. The molecule has 132 valence electrons. The molecule has 1 fully saturated rings. The number of hydrogen-bond acceptors (Lipinski definition) is 5. The van der Waals surface area contributed by atoms with E-state index in [-0.39, 0.29) is 11.5 Å². The second kappa shape index (κ2) is 6.64. The van der Waals surface area contributed by atoms with Gasteiger partial charge in [0.05, 0.1) is 17.4 Å². The average molecular weight is 332 g/mol. The van der Waals surface area contributed by atoms with Crippen LogP contribution >= 0.6 is 0 Å². The first-order valence-corrected chi connectivity index (χ1v) is 8.64. The first-order valence-electron chi connectivity index (χ1n) is 8.64. The van der Waals surface area contributed by atoms with Crippen LogP contribution in [0.5, 0.6) is 0 Å². The van der Waals surface area contributed by atoms with Crippen molar-refractivity contribution >= 4 is 0 Å². The van der Waals surface area contributed by atoms with Crippen LogP contribution in [0.3, 0.4) is 0 Å². The summed E-state index contributed by atoms with van der Waals surface area (Å²) in [6.45, 7) is 9.02. The Labute approximate surface area is 143 Å². The van der Waals surface area contributed by atoms with E-state index in [0.29, 0.717) is 0 Å². The summed E-state index contributed by atoms with van der Waals surface area (Å²) in [5.41, 5.74) is 0.932. The van der Waals surface area contributed by atoms with Gasteiger partial charge in [-0.05, 0) is 40.2 Å². The number of rotatable bonds is 4. The first kappa shape index (κ1) is 17.1. The van der Waals surface area contributed by atoms with Crippen molar-refractivity contribution in [3.05, 3.63) is 30.1 Å². The first-order chi connectivity index (χ1) is 11.3. The summed E-state index contributed by atoms with van der Waals surface area (Å²) in [6.07, 6.45) is 7.24. The number of likely N-dealkylation sites (tertiary alicyclic amines) is 1. The third kappa shape index (κ3) is 3.67. The summed E-state index contributed by atoms with van der Waals surface area (Å²) in [5, 5.41) is 19.2. The van der Waals surface area contributed by atoms with Crippen molar-refractivity contribution < 1.29 is 5.11 Å². The van der Waals surface area contributed by atoms with Crippen LogP contribution in [-0.4, -0.2) is 47.6 Å². The van der Waals surface area contributed by atoms with Crippen molar-refractivity contribution in [2.45, 2.75) is 51.8 Å². The maximum Gasteiger partial charge on any atom is 0.137 e. The Balaban J connectivity index is 1.63. The van der Waals surface area contributed by atoms with Crippen LogP contribution in [-0.2, 0) is 19.1 Å². The van der Waals surface area contributed by atoms with E-state index >= 15 is 0 Å². The van der Waals surface area contributed by atoms with Crippen LogP contribution < -0.4 is 0 Å². The predicted octanol–water partition coefficient (Wildman–Crippen LogP) is 1.71. The quantitative estimate of drug-likeness (QED) is 0.923. The molecule has 0 aromatic carbocycles. The Morgan fingerprint density at radius 3 is 2.79 bits per heavy atom. The number of aromatic nitrogens is 5. The number of imidazole rings is 1. The maximum absolute atomic E-state index is 10.7. The van der Waals surface area contributed by atoms with Gasteiger partial charge in [0.2, 0.25) is 0 Å². The van der Waals surface area contributed by atoms with Gasteiger partial charge < -0.3 is 9.67 Å². The van der Waals surface area contributed by atoms with E-state index in [1.807, 2.05) is 28.7 Å². The molecular formula is C17H28N6O. The molecule has 1 N–H and O–H groups in total. The molecular weight excluding hydrogens is 304 g/mol. The van der Waals surface area contributed by atoms with E-state index in [0.717, 1.165) is 44.0 Å². The maximum atomic E-state index is 10.7. The average Bonchev–Trinajstić information content (AvgIpc) is 3.15. The molecule has 2 aromatic heterocycles. The minimum atomic E-state index is -0.516. The zero-order valence-electron chi connectivity index (χ0n) is 15.1. The molecule has 2 atom stereocenters. The molecule has 0 saturated carbocycles. The largest absolute Gasteiger partial charge is 0.385 e. The van der Waals surface area contributed by atoms with Crippen molar-refractivity contribution in [2.24, 2.45) is 13.0 Å². The lowest BCUT2D eigenvalue weighted by molar-refractivity contribution is 0.0401. The summed E-state index contributed by atoms with van der Waals surface area (Å²) < 4.78 is 3.81. The van der Waals surface area contributed by atoms with Crippen molar-refractivity contribution in [3.63, 3.8) is 0 Å². The van der Waals surface area contributed by atoms with Gasteiger partial charge in [0, 0.05) is 38.4 Å². The van der Waals surface area contributed by atoms with Crippen LogP contribution in [0, 0.1) is 5.92 Å². The Kier molecular flexibility index (Phi) is 4.73. The fraction of sp³-hybridized carbons (Fsp3) is 0.706. The molecule has 0 unspecified atom stereocenters. The SMILES string of the molecule is Cn1ccnc1[C@@H](O)[C@H]1CCCN(Cc2cn(C(C)(C)C)nn2)C1. The molecule has 0 spiro atoms. The van der Waals surface area contributed by atoms with Gasteiger partial charge in [0.25, 0.3) is 0 Å². The van der Waals surface area contributed by atoms with E-state index in [1.54, 1.807) is 6.20 Å². The predicted molar refractivity (Wildman–Crippen MR) is 91.2 cm³/mol. The second-order valence-corrected chi connectivity index (χ2v) is 7.80. The third-order valence-electron chi connectivity index (χ3n) is 4.73. The molecule has 0 bridgehead atoms. The van der Waals surface area contributed by atoms with Gasteiger partial charge in [-0.25, -0.2) is 9.67 Å². The van der Waals surface area contributed by atoms with Crippen molar-refractivity contribution in [2.75, 3.05) is 13.1 Å². The standard InChI is InChI=1S/C17H28N6O/c1-17(2,3)23-12-14(19-20-23)11-22-8-5-6-13(10-22)15(24)16-18-7-9-21(16)4/h7,9,12-13,15,24H,5-6,8,10-11H2,1-4H3/t13-,15-/m0/s1. The van der Waals surface area contributed by atoms with Gasteiger partial charge in [0.15, 0.2) is 0 Å². The summed E-state index contributed by atoms with van der Waals surface area (Å²) in [4.78, 5) is 6.66. The Hall–Kier alpha value is -1.73. The Bertz CT molecular complexity index is 671. The van der Waals surface area contributed by atoms with E-state index < -0.39 is 6.10 Å². The van der Waals surface area contributed by atoms with Gasteiger partial charge >= 0.3 is 0 Å². The van der Waals surface area contributed by atoms with Gasteiger partial charge in [-0.15, -0.1) is 5.10 Å². The molecule has 0 amide bonds. The van der Waals surface area contributed by atoms with Crippen LogP contribution in [0.4, 0.5) is 0 Å². The molecule has 24 heavy (non-hydrogen) atoms. The minimum Gasteiger partial charge on any atom is -0.385 e. The van der Waals surface area contributed by atoms with E-state index in [2.05, 4.69) is 41.0 Å². The number of aliphatic hydroxyl groups is 1.